The zero-order valence-electron chi connectivity index (χ0n) is 28.3. The summed E-state index contributed by atoms with van der Waals surface area (Å²) >= 11 is 0. The van der Waals surface area contributed by atoms with Crippen molar-refractivity contribution < 1.29 is 0 Å². The monoisotopic (exact) mass is 610 g/mol. The van der Waals surface area contributed by atoms with Crippen LogP contribution in [0.2, 0.25) is 0 Å². The molecule has 8 bridgehead atoms. The average Bonchev–Trinajstić information content (AvgIpc) is 3.86. The minimum atomic E-state index is 0.941. The van der Waals surface area contributed by atoms with Crippen molar-refractivity contribution in [3.8, 4) is 11.1 Å². The highest BCUT2D eigenvalue weighted by Crippen LogP contribution is 2.39. The van der Waals surface area contributed by atoms with Crippen LogP contribution in [0.15, 0.2) is 54.6 Å². The van der Waals surface area contributed by atoms with E-state index in [1.807, 2.05) is 0 Å². The second-order valence-electron chi connectivity index (χ2n) is 12.9. The number of rotatable bonds is 13. The third-order valence-electron chi connectivity index (χ3n) is 9.32. The van der Waals surface area contributed by atoms with Gasteiger partial charge in [-0.15, -0.1) is 0 Å². The molecule has 5 heterocycles. The first-order chi connectivity index (χ1) is 22.6. The molecular weight excluding hydrogens is 560 g/mol. The highest BCUT2D eigenvalue weighted by molar-refractivity contribution is 5.95. The van der Waals surface area contributed by atoms with Crippen molar-refractivity contribution in [2.75, 3.05) is 0 Å². The highest BCUT2D eigenvalue weighted by atomic mass is 15.0. The van der Waals surface area contributed by atoms with Gasteiger partial charge in [-0.1, -0.05) is 83.7 Å². The number of fused-ring (bicyclic) bond motifs is 8. The summed E-state index contributed by atoms with van der Waals surface area (Å²) < 4.78 is 2.68. The van der Waals surface area contributed by atoms with Gasteiger partial charge in [-0.3, -0.25) is 0 Å². The van der Waals surface area contributed by atoms with Gasteiger partial charge in [0, 0.05) is 23.1 Å². The molecular formula is C42H50N4. The molecule has 2 aliphatic rings. The molecule has 4 nitrogen and oxygen atoms in total. The van der Waals surface area contributed by atoms with Crippen molar-refractivity contribution in [3.05, 3.63) is 94.1 Å². The van der Waals surface area contributed by atoms with Crippen LogP contribution in [-0.2, 0) is 25.8 Å². The minimum Gasteiger partial charge on any atom is -0.355 e. The van der Waals surface area contributed by atoms with Crippen molar-refractivity contribution in [2.45, 2.75) is 105 Å². The molecule has 1 N–H and O–H groups in total. The number of aromatic amines is 1. The molecule has 46 heavy (non-hydrogen) atoms. The largest absolute Gasteiger partial charge is 0.355 e. The van der Waals surface area contributed by atoms with E-state index in [1.165, 1.54) is 63.6 Å². The standard InChI is InChI=1S/C42H50N4/c1-5-9-16-31-26-36-28-34-22-21-32(43-34)27-33-23-24-35(44-33)29-39-40(30-17-14-13-15-18-30)37(19-10-6-2)42(46(39)25-12-8-4)38(20-11-7-3)41(31)45-36/h13-15,17-18,21-24,26-29,45H,5-12,16,19-20,25H2,1-4H3. The number of hydrogen-bond donors (Lipinski definition) is 1. The first kappa shape index (κ1) is 31.8. The summed E-state index contributed by atoms with van der Waals surface area (Å²) in [5, 5.41) is 0. The Morgan fingerprint density at radius 2 is 1.20 bits per heavy atom. The number of unbranched alkanes of at least 4 members (excludes halogenated alkanes) is 4. The Labute approximate surface area is 275 Å². The molecule has 0 spiro atoms. The van der Waals surface area contributed by atoms with Crippen molar-refractivity contribution in [1.29, 1.82) is 0 Å². The molecule has 2 aliphatic heterocycles. The molecule has 0 saturated carbocycles. The van der Waals surface area contributed by atoms with Gasteiger partial charge in [0.2, 0.25) is 0 Å². The lowest BCUT2D eigenvalue weighted by Gasteiger charge is -2.13. The first-order valence-corrected chi connectivity index (χ1v) is 17.8. The molecule has 1 aromatic carbocycles. The fourth-order valence-corrected chi connectivity index (χ4v) is 6.97. The second-order valence-corrected chi connectivity index (χ2v) is 12.9. The predicted octanol–water partition coefficient (Wildman–Crippen LogP) is 11.6. The molecule has 238 valence electrons. The number of aryl methyl sites for hydroxylation is 4. The smallest absolute Gasteiger partial charge is 0.0659 e. The molecule has 4 aromatic rings. The van der Waals surface area contributed by atoms with Gasteiger partial charge in [-0.2, -0.15) is 0 Å². The summed E-state index contributed by atoms with van der Waals surface area (Å²) in [6.45, 7) is 10.2. The maximum Gasteiger partial charge on any atom is 0.0659 e. The van der Waals surface area contributed by atoms with E-state index < -0.39 is 0 Å². The van der Waals surface area contributed by atoms with E-state index in [1.54, 1.807) is 0 Å². The van der Waals surface area contributed by atoms with Crippen LogP contribution < -0.4 is 0 Å². The van der Waals surface area contributed by atoms with E-state index in [9.17, 15) is 0 Å². The Balaban J connectivity index is 1.86. The van der Waals surface area contributed by atoms with Gasteiger partial charge in [0.1, 0.15) is 0 Å². The van der Waals surface area contributed by atoms with Crippen LogP contribution in [0.5, 0.6) is 0 Å². The summed E-state index contributed by atoms with van der Waals surface area (Å²) in [5.41, 5.74) is 16.1. The van der Waals surface area contributed by atoms with Crippen LogP contribution in [0.4, 0.5) is 0 Å². The number of nitrogens with one attached hydrogen (secondary N) is 1. The Morgan fingerprint density at radius 3 is 1.85 bits per heavy atom. The van der Waals surface area contributed by atoms with Crippen LogP contribution >= 0.6 is 0 Å². The van der Waals surface area contributed by atoms with E-state index in [0.717, 1.165) is 86.2 Å². The van der Waals surface area contributed by atoms with E-state index >= 15 is 0 Å². The van der Waals surface area contributed by atoms with Gasteiger partial charge < -0.3 is 9.55 Å². The zero-order chi connectivity index (χ0) is 31.9. The van der Waals surface area contributed by atoms with Gasteiger partial charge in [-0.25, -0.2) is 9.97 Å². The summed E-state index contributed by atoms with van der Waals surface area (Å²) in [6.07, 6.45) is 21.0. The highest BCUT2D eigenvalue weighted by Gasteiger charge is 2.22. The lowest BCUT2D eigenvalue weighted by Crippen LogP contribution is -2.02. The van der Waals surface area contributed by atoms with Gasteiger partial charge >= 0.3 is 0 Å². The lowest BCUT2D eigenvalue weighted by molar-refractivity contribution is 0.660. The lowest BCUT2D eigenvalue weighted by atomic mass is 9.95. The molecule has 0 fully saturated rings. The van der Waals surface area contributed by atoms with E-state index in [-0.39, 0.29) is 0 Å². The summed E-state index contributed by atoms with van der Waals surface area (Å²) in [7, 11) is 0. The molecule has 0 atom stereocenters. The number of H-pyrrole nitrogens is 1. The van der Waals surface area contributed by atoms with E-state index in [4.69, 9.17) is 9.97 Å². The average molecular weight is 611 g/mol. The van der Waals surface area contributed by atoms with Crippen LogP contribution in [0.3, 0.4) is 0 Å². The van der Waals surface area contributed by atoms with Gasteiger partial charge in [-0.05, 0) is 116 Å². The van der Waals surface area contributed by atoms with E-state index in [2.05, 4.69) is 116 Å². The second kappa shape index (κ2) is 14.9. The Kier molecular flexibility index (Phi) is 10.3. The molecule has 0 radical (unpaired) electrons. The topological polar surface area (TPSA) is 46.5 Å². The fourth-order valence-electron chi connectivity index (χ4n) is 6.97. The van der Waals surface area contributed by atoms with Crippen molar-refractivity contribution in [2.24, 2.45) is 0 Å². The van der Waals surface area contributed by atoms with Gasteiger partial charge in [0.25, 0.3) is 0 Å². The molecule has 3 aromatic heterocycles. The number of benzene rings is 1. The zero-order valence-corrected chi connectivity index (χ0v) is 28.3. The van der Waals surface area contributed by atoms with Gasteiger partial charge in [0.15, 0.2) is 0 Å². The third-order valence-corrected chi connectivity index (χ3v) is 9.32. The SMILES string of the molecule is CCCCc1cc2cc3nc(cc4nc(cc5c(-c6ccccc6)c(CCCC)c(c(CCCC)c1[nH]2)n5CCCC)C=C4)C=C3. The van der Waals surface area contributed by atoms with Gasteiger partial charge in [0.05, 0.1) is 33.8 Å². The van der Waals surface area contributed by atoms with Crippen molar-refractivity contribution in [1.82, 2.24) is 19.5 Å². The predicted molar refractivity (Wildman–Crippen MR) is 199 cm³/mol. The fraction of sp³-hybridized carbons (Fsp3) is 0.381. The summed E-state index contributed by atoms with van der Waals surface area (Å²) in [6, 6.07) is 20.2. The number of nitrogens with zero attached hydrogens (tertiary/aromatic N) is 3. The number of aromatic nitrogens is 4. The van der Waals surface area contributed by atoms with E-state index in [0.29, 0.717) is 0 Å². The molecule has 6 rings (SSSR count). The van der Waals surface area contributed by atoms with Crippen LogP contribution in [0.1, 0.15) is 119 Å². The normalized spacial score (nSPS) is 12.3. The molecule has 0 saturated heterocycles. The first-order valence-electron chi connectivity index (χ1n) is 17.8. The molecule has 0 amide bonds. The molecule has 0 aliphatic carbocycles. The molecule has 0 unspecified atom stereocenters. The minimum absolute atomic E-state index is 0.941. The Morgan fingerprint density at radius 1 is 0.609 bits per heavy atom. The molecule has 4 heteroatoms. The Hall–Kier alpha value is -4.18. The van der Waals surface area contributed by atoms with Crippen molar-refractivity contribution in [3.63, 3.8) is 0 Å². The third kappa shape index (κ3) is 6.82. The quantitative estimate of drug-likeness (QED) is 0.141. The summed E-state index contributed by atoms with van der Waals surface area (Å²) in [4.78, 5) is 14.0. The summed E-state index contributed by atoms with van der Waals surface area (Å²) in [5.74, 6) is 0. The Bertz CT molecular complexity index is 1880. The number of hydrogen-bond acceptors (Lipinski definition) is 2. The van der Waals surface area contributed by atoms with Crippen LogP contribution in [-0.4, -0.2) is 19.5 Å². The maximum atomic E-state index is 5.10. The maximum absolute atomic E-state index is 5.10. The van der Waals surface area contributed by atoms with Crippen LogP contribution in [0.25, 0.3) is 57.5 Å². The van der Waals surface area contributed by atoms with Crippen LogP contribution in [0, 0.1) is 0 Å². The van der Waals surface area contributed by atoms with Crippen molar-refractivity contribution >= 4 is 46.4 Å².